The summed E-state index contributed by atoms with van der Waals surface area (Å²) >= 11 is 8.52. The molecule has 0 aliphatic heterocycles. The third kappa shape index (κ3) is 7.02. The summed E-state index contributed by atoms with van der Waals surface area (Å²) in [5.41, 5.74) is 0.898. The van der Waals surface area contributed by atoms with Crippen molar-refractivity contribution in [3.05, 3.63) is 120 Å². The van der Waals surface area contributed by atoms with Crippen molar-refractivity contribution in [1.82, 2.24) is 0 Å². The molecule has 4 aromatic rings. The Kier molecular flexibility index (Phi) is 8.99. The molecule has 0 saturated carbocycles. The predicted molar refractivity (Wildman–Crippen MR) is 131 cm³/mol. The van der Waals surface area contributed by atoms with E-state index in [0.717, 1.165) is 19.6 Å². The zero-order valence-electron chi connectivity index (χ0n) is 16.9. The lowest BCUT2D eigenvalue weighted by molar-refractivity contribution is 0.0693. The first-order chi connectivity index (χ1) is 15.5. The number of rotatable bonds is 6. The van der Waals surface area contributed by atoms with Crippen LogP contribution in [0.5, 0.6) is 0 Å². The van der Waals surface area contributed by atoms with Gasteiger partial charge in [-0.3, -0.25) is 4.79 Å². The molecule has 32 heavy (non-hydrogen) atoms. The van der Waals surface area contributed by atoms with Crippen molar-refractivity contribution < 1.29 is 14.7 Å². The van der Waals surface area contributed by atoms with Gasteiger partial charge >= 0.3 is 5.97 Å². The summed E-state index contributed by atoms with van der Waals surface area (Å²) in [6.45, 7) is 0. The first-order valence-electron chi connectivity index (χ1n) is 9.61. The second kappa shape index (κ2) is 12.2. The summed E-state index contributed by atoms with van der Waals surface area (Å²) in [4.78, 5) is 26.0. The minimum Gasteiger partial charge on any atom is -0.478 e. The fraction of sp³-hybridized carbons (Fsp3) is 0. The van der Waals surface area contributed by atoms with Crippen LogP contribution in [0, 0.1) is 0 Å². The summed E-state index contributed by atoms with van der Waals surface area (Å²) in [6, 6.07) is 34.0. The third-order valence-electron chi connectivity index (χ3n) is 4.16. The van der Waals surface area contributed by atoms with Crippen LogP contribution >= 0.6 is 35.1 Å². The lowest BCUT2D eigenvalue weighted by Crippen LogP contribution is -1.97. The van der Waals surface area contributed by atoms with E-state index in [4.69, 9.17) is 16.7 Å². The lowest BCUT2D eigenvalue weighted by Gasteiger charge is -2.04. The van der Waals surface area contributed by atoms with Crippen LogP contribution in [-0.2, 0) is 0 Å². The van der Waals surface area contributed by atoms with E-state index in [2.05, 4.69) is 0 Å². The number of hydrogen-bond donors (Lipinski definition) is 1. The quantitative estimate of drug-likeness (QED) is 0.287. The van der Waals surface area contributed by atoms with E-state index in [1.807, 2.05) is 91.0 Å². The number of carboxylic acids is 1. The summed E-state index contributed by atoms with van der Waals surface area (Å²) < 4.78 is 0. The fourth-order valence-electron chi connectivity index (χ4n) is 2.68. The van der Waals surface area contributed by atoms with Gasteiger partial charge < -0.3 is 5.11 Å². The van der Waals surface area contributed by atoms with Crippen LogP contribution < -0.4 is 0 Å². The molecule has 0 amide bonds. The van der Waals surface area contributed by atoms with Crippen molar-refractivity contribution in [3.8, 4) is 0 Å². The Bertz CT molecular complexity index is 1090. The molecule has 0 fully saturated rings. The van der Waals surface area contributed by atoms with Gasteiger partial charge in [0.05, 0.1) is 5.56 Å². The second-order valence-electron chi connectivity index (χ2n) is 6.40. The third-order valence-corrected chi connectivity index (χ3v) is 6.53. The molecule has 0 atom stereocenters. The Morgan fingerprint density at radius 3 is 1.38 bits per heavy atom. The lowest BCUT2D eigenvalue weighted by atomic mass is 10.2. The molecule has 0 heterocycles. The van der Waals surface area contributed by atoms with E-state index in [-0.39, 0.29) is 0 Å². The minimum atomic E-state index is -0.890. The van der Waals surface area contributed by atoms with Crippen molar-refractivity contribution in [1.29, 1.82) is 0 Å². The van der Waals surface area contributed by atoms with E-state index in [1.54, 1.807) is 18.2 Å². The van der Waals surface area contributed by atoms with Gasteiger partial charge in [0.25, 0.3) is 5.24 Å². The monoisotopic (exact) mass is 478 g/mol. The van der Waals surface area contributed by atoms with Crippen LogP contribution in [0.4, 0.5) is 0 Å². The van der Waals surface area contributed by atoms with Crippen LogP contribution in [-0.4, -0.2) is 16.3 Å². The minimum absolute atomic E-state index is 0.344. The highest BCUT2D eigenvalue weighted by Gasteiger charge is 2.10. The number of halogens is 1. The highest BCUT2D eigenvalue weighted by molar-refractivity contribution is 7.99. The Morgan fingerprint density at radius 2 is 0.938 bits per heavy atom. The van der Waals surface area contributed by atoms with Gasteiger partial charge in [0, 0.05) is 25.1 Å². The van der Waals surface area contributed by atoms with Gasteiger partial charge in [-0.2, -0.15) is 0 Å². The molecule has 0 aliphatic carbocycles. The molecule has 0 unspecified atom stereocenters. The molecular formula is C26H19ClO3S2. The SMILES string of the molecule is O=C(Cl)c1ccccc1Sc1ccccc1.O=C(O)c1ccccc1Sc1ccccc1. The molecule has 0 radical (unpaired) electrons. The average molecular weight is 479 g/mol. The molecule has 160 valence electrons. The number of hydrogen-bond acceptors (Lipinski definition) is 4. The van der Waals surface area contributed by atoms with Crippen LogP contribution in [0.15, 0.2) is 129 Å². The smallest absolute Gasteiger partial charge is 0.336 e. The van der Waals surface area contributed by atoms with Crippen molar-refractivity contribution >= 4 is 46.3 Å². The molecule has 4 rings (SSSR count). The summed E-state index contributed by atoms with van der Waals surface area (Å²) in [7, 11) is 0. The largest absolute Gasteiger partial charge is 0.478 e. The molecule has 1 N–H and O–H groups in total. The average Bonchev–Trinajstić information content (AvgIpc) is 2.81. The van der Waals surface area contributed by atoms with Gasteiger partial charge in [-0.1, -0.05) is 84.2 Å². The number of carboxylic acid groups (broad SMARTS) is 1. The summed E-state index contributed by atoms with van der Waals surface area (Å²) in [5, 5.41) is 8.61. The van der Waals surface area contributed by atoms with Crippen LogP contribution in [0.25, 0.3) is 0 Å². The number of benzene rings is 4. The van der Waals surface area contributed by atoms with Gasteiger partial charge in [-0.15, -0.1) is 0 Å². The first kappa shape index (κ1) is 23.7. The van der Waals surface area contributed by atoms with Gasteiger partial charge in [-0.05, 0) is 60.1 Å². The van der Waals surface area contributed by atoms with Crippen molar-refractivity contribution in [2.24, 2.45) is 0 Å². The normalized spacial score (nSPS) is 10.0. The maximum atomic E-state index is 11.2. The molecule has 0 aromatic heterocycles. The molecule has 3 nitrogen and oxygen atoms in total. The molecule has 6 heteroatoms. The molecule has 0 aliphatic rings. The molecule has 0 spiro atoms. The van der Waals surface area contributed by atoms with Gasteiger partial charge in [-0.25, -0.2) is 4.79 Å². The molecule has 4 aromatic carbocycles. The molecule has 0 saturated heterocycles. The van der Waals surface area contributed by atoms with Crippen LogP contribution in [0.3, 0.4) is 0 Å². The van der Waals surface area contributed by atoms with E-state index >= 15 is 0 Å². The van der Waals surface area contributed by atoms with E-state index in [9.17, 15) is 9.59 Å². The van der Waals surface area contributed by atoms with E-state index in [0.29, 0.717) is 11.1 Å². The first-order valence-corrected chi connectivity index (χ1v) is 11.6. The Morgan fingerprint density at radius 1 is 0.562 bits per heavy atom. The highest BCUT2D eigenvalue weighted by Crippen LogP contribution is 2.31. The fourth-order valence-corrected chi connectivity index (χ4v) is 4.83. The van der Waals surface area contributed by atoms with Crippen LogP contribution in [0.2, 0.25) is 0 Å². The van der Waals surface area contributed by atoms with Crippen molar-refractivity contribution in [3.63, 3.8) is 0 Å². The van der Waals surface area contributed by atoms with E-state index in [1.165, 1.54) is 23.5 Å². The second-order valence-corrected chi connectivity index (χ2v) is 8.98. The van der Waals surface area contributed by atoms with Crippen molar-refractivity contribution in [2.75, 3.05) is 0 Å². The maximum absolute atomic E-state index is 11.2. The Balaban J connectivity index is 0.000000181. The Hall–Kier alpha value is -2.99. The number of aromatic carboxylic acids is 1. The predicted octanol–water partition coefficient (Wildman–Crippen LogP) is 7.75. The summed E-state index contributed by atoms with van der Waals surface area (Å²) in [6.07, 6.45) is 0. The van der Waals surface area contributed by atoms with Gasteiger partial charge in [0.1, 0.15) is 0 Å². The van der Waals surface area contributed by atoms with Crippen LogP contribution in [0.1, 0.15) is 20.7 Å². The highest BCUT2D eigenvalue weighted by atomic mass is 35.5. The molecular weight excluding hydrogens is 460 g/mol. The summed E-state index contributed by atoms with van der Waals surface area (Å²) in [5.74, 6) is -0.890. The number of carbonyl (C=O) groups excluding carboxylic acids is 1. The van der Waals surface area contributed by atoms with Crippen molar-refractivity contribution in [2.45, 2.75) is 19.6 Å². The zero-order valence-corrected chi connectivity index (χ0v) is 19.2. The number of carbonyl (C=O) groups is 2. The van der Waals surface area contributed by atoms with E-state index < -0.39 is 11.2 Å². The molecule has 0 bridgehead atoms. The maximum Gasteiger partial charge on any atom is 0.336 e. The van der Waals surface area contributed by atoms with Gasteiger partial charge in [0.15, 0.2) is 0 Å². The van der Waals surface area contributed by atoms with Gasteiger partial charge in [0.2, 0.25) is 0 Å². The Labute approximate surface area is 200 Å². The standard InChI is InChI=1S/C13H9ClOS.C13H10O2S/c2*14-13(15)11-8-4-5-9-12(11)16-10-6-2-1-3-7-10/h1-9H;1-9H,(H,14,15). The topological polar surface area (TPSA) is 54.4 Å². The zero-order chi connectivity index (χ0) is 22.8.